The molecule has 0 aliphatic carbocycles. The molecule has 6 nitrogen and oxygen atoms in total. The van der Waals surface area contributed by atoms with Gasteiger partial charge in [0.25, 0.3) is 0 Å². The number of rotatable bonds is 0. The third kappa shape index (κ3) is 6.15. The normalized spacial score (nSPS) is 9.07. The van der Waals surface area contributed by atoms with Crippen molar-refractivity contribution in [2.45, 2.75) is 41.5 Å². The van der Waals surface area contributed by atoms with Crippen LogP contribution < -0.4 is 0 Å². The van der Waals surface area contributed by atoms with Crippen LogP contribution in [0.15, 0.2) is 49.2 Å². The Morgan fingerprint density at radius 1 is 0.852 bits per heavy atom. The molecule has 4 aromatic heterocycles. The van der Waals surface area contributed by atoms with E-state index in [2.05, 4.69) is 26.0 Å². The van der Waals surface area contributed by atoms with E-state index in [4.69, 9.17) is 5.26 Å². The molecule has 4 aromatic rings. The molecule has 4 heterocycles. The van der Waals surface area contributed by atoms with Crippen molar-refractivity contribution in [1.82, 2.24) is 24.3 Å². The van der Waals surface area contributed by atoms with Crippen molar-refractivity contribution in [2.75, 3.05) is 0 Å². The van der Waals surface area contributed by atoms with Crippen LogP contribution in [0.4, 0.5) is 0 Å². The summed E-state index contributed by atoms with van der Waals surface area (Å²) in [5, 5.41) is 8.62. The van der Waals surface area contributed by atoms with Crippen molar-refractivity contribution < 1.29 is 0 Å². The van der Waals surface area contributed by atoms with Gasteiger partial charge in [0.1, 0.15) is 17.2 Å². The van der Waals surface area contributed by atoms with Crippen molar-refractivity contribution in [3.63, 3.8) is 0 Å². The molecule has 0 aliphatic rings. The summed E-state index contributed by atoms with van der Waals surface area (Å²) in [6, 6.07) is 7.60. The Bertz CT molecular complexity index is 1010. The second kappa shape index (κ2) is 11.3. The van der Waals surface area contributed by atoms with Gasteiger partial charge in [-0.15, -0.1) is 0 Å². The zero-order valence-corrected chi connectivity index (χ0v) is 16.8. The molecule has 0 bridgehead atoms. The Labute approximate surface area is 160 Å². The average Bonchev–Trinajstić information content (AvgIpc) is 3.10. The Morgan fingerprint density at radius 3 is 2.19 bits per heavy atom. The first kappa shape index (κ1) is 21.7. The van der Waals surface area contributed by atoms with Crippen LogP contribution in [-0.4, -0.2) is 24.3 Å². The van der Waals surface area contributed by atoms with Crippen molar-refractivity contribution >= 4 is 16.7 Å². The first-order valence-corrected chi connectivity index (χ1v) is 9.04. The van der Waals surface area contributed by atoms with E-state index < -0.39 is 0 Å². The van der Waals surface area contributed by atoms with Crippen LogP contribution >= 0.6 is 0 Å². The monoisotopic (exact) mass is 362 g/mol. The largest absolute Gasteiger partial charge is 0.306 e. The van der Waals surface area contributed by atoms with Gasteiger partial charge in [-0.25, -0.2) is 4.98 Å². The summed E-state index contributed by atoms with van der Waals surface area (Å²) in [6.45, 7) is 11.9. The van der Waals surface area contributed by atoms with E-state index in [0.29, 0.717) is 5.56 Å². The Kier molecular flexibility index (Phi) is 9.10. The van der Waals surface area contributed by atoms with Gasteiger partial charge < -0.3 is 4.40 Å². The summed E-state index contributed by atoms with van der Waals surface area (Å²) >= 11 is 0. The smallest absolute Gasteiger partial charge is 0.137 e. The predicted molar refractivity (Wildman–Crippen MR) is 109 cm³/mol. The number of hydrogen-bond acceptors (Lipinski definition) is 5. The highest BCUT2D eigenvalue weighted by Crippen LogP contribution is 2.06. The molecule has 0 radical (unpaired) electrons. The Hall–Kier alpha value is -3.33. The fourth-order valence-corrected chi connectivity index (χ4v) is 2.15. The lowest BCUT2D eigenvalue weighted by atomic mass is 10.3. The molecule has 0 N–H and O–H groups in total. The minimum absolute atomic E-state index is 0.653. The number of nitrogens with zero attached hydrogens (tertiary/aromatic N) is 6. The van der Waals surface area contributed by atoms with Crippen molar-refractivity contribution in [3.05, 3.63) is 66.1 Å². The SMILES string of the molecule is CC.CC.Cc1cc2nccnc2cn1.Cc1cn2cc(C#N)ccc2n1. The molecule has 6 heteroatoms. The third-order valence-electron chi connectivity index (χ3n) is 3.19. The van der Waals surface area contributed by atoms with Crippen molar-refractivity contribution in [1.29, 1.82) is 5.26 Å². The maximum atomic E-state index is 8.62. The van der Waals surface area contributed by atoms with Gasteiger partial charge in [-0.2, -0.15) is 5.26 Å². The minimum Gasteiger partial charge on any atom is -0.306 e. The lowest BCUT2D eigenvalue weighted by Crippen LogP contribution is -1.85. The van der Waals surface area contributed by atoms with Crippen LogP contribution in [0.3, 0.4) is 0 Å². The predicted octanol–water partition coefficient (Wildman–Crippen LogP) is 4.90. The van der Waals surface area contributed by atoms with Crippen molar-refractivity contribution in [2.24, 2.45) is 0 Å². The maximum Gasteiger partial charge on any atom is 0.137 e. The number of aromatic nitrogens is 5. The van der Waals surface area contributed by atoms with Gasteiger partial charge >= 0.3 is 0 Å². The quantitative estimate of drug-likeness (QED) is 0.444. The molecule has 0 saturated heterocycles. The van der Waals surface area contributed by atoms with E-state index in [9.17, 15) is 0 Å². The molecule has 0 amide bonds. The van der Waals surface area contributed by atoms with Gasteiger partial charge in [0.2, 0.25) is 0 Å². The lowest BCUT2D eigenvalue weighted by molar-refractivity contribution is 1.17. The number of nitriles is 1. The summed E-state index contributed by atoms with van der Waals surface area (Å²) in [4.78, 5) is 16.6. The fourth-order valence-electron chi connectivity index (χ4n) is 2.15. The standard InChI is InChI=1S/C9H7N3.C8H7N3.2C2H6/c1-7-5-12-6-8(4-10)2-3-9(12)11-7;1-6-4-7-8(5-11-6)10-3-2-9-7;2*1-2/h2-3,5-6H,1H3;2-5H,1H3;2*1-2H3. The summed E-state index contributed by atoms with van der Waals surface area (Å²) in [6.07, 6.45) is 8.75. The molecule has 0 unspecified atom stereocenters. The lowest BCUT2D eigenvalue weighted by Gasteiger charge is -1.94. The van der Waals surface area contributed by atoms with Crippen LogP contribution in [-0.2, 0) is 0 Å². The van der Waals surface area contributed by atoms with Gasteiger partial charge in [0.15, 0.2) is 0 Å². The number of fused-ring (bicyclic) bond motifs is 2. The van der Waals surface area contributed by atoms with E-state index in [0.717, 1.165) is 28.1 Å². The number of hydrogen-bond donors (Lipinski definition) is 0. The number of aryl methyl sites for hydroxylation is 2. The topological polar surface area (TPSA) is 79.8 Å². The van der Waals surface area contributed by atoms with Crippen LogP contribution in [0, 0.1) is 25.2 Å². The highest BCUT2D eigenvalue weighted by molar-refractivity contribution is 5.72. The van der Waals surface area contributed by atoms with Gasteiger partial charge in [-0.1, -0.05) is 27.7 Å². The summed E-state index contributed by atoms with van der Waals surface area (Å²) in [5.41, 5.74) is 5.22. The molecular weight excluding hydrogens is 336 g/mol. The maximum absolute atomic E-state index is 8.62. The molecule has 0 spiro atoms. The third-order valence-corrected chi connectivity index (χ3v) is 3.19. The van der Waals surface area contributed by atoms with Crippen LogP contribution in [0.1, 0.15) is 44.6 Å². The molecule has 0 aromatic carbocycles. The van der Waals surface area contributed by atoms with Crippen LogP contribution in [0.25, 0.3) is 16.7 Å². The second-order valence-corrected chi connectivity index (χ2v) is 5.05. The molecule has 0 fully saturated rings. The first-order valence-electron chi connectivity index (χ1n) is 9.04. The first-order chi connectivity index (χ1) is 13.2. The highest BCUT2D eigenvalue weighted by atomic mass is 15.0. The molecule has 4 rings (SSSR count). The van der Waals surface area contributed by atoms with Crippen molar-refractivity contribution in [3.8, 4) is 6.07 Å². The fraction of sp³-hybridized carbons (Fsp3) is 0.286. The molecule has 0 atom stereocenters. The van der Waals surface area contributed by atoms with Gasteiger partial charge in [-0.05, 0) is 32.0 Å². The molecule has 0 aliphatic heterocycles. The summed E-state index contributed by atoms with van der Waals surface area (Å²) in [7, 11) is 0. The van der Waals surface area contributed by atoms with Gasteiger partial charge in [-0.3, -0.25) is 15.0 Å². The minimum atomic E-state index is 0.653. The molecule has 27 heavy (non-hydrogen) atoms. The van der Waals surface area contributed by atoms with Crippen LogP contribution in [0.5, 0.6) is 0 Å². The van der Waals surface area contributed by atoms with E-state index >= 15 is 0 Å². The van der Waals surface area contributed by atoms with Gasteiger partial charge in [0.05, 0.1) is 23.0 Å². The average molecular weight is 362 g/mol. The Morgan fingerprint density at radius 2 is 1.52 bits per heavy atom. The number of imidazole rings is 1. The van der Waals surface area contributed by atoms with E-state index in [1.807, 2.05) is 64.3 Å². The van der Waals surface area contributed by atoms with Crippen LogP contribution in [0.2, 0.25) is 0 Å². The van der Waals surface area contributed by atoms with E-state index in [1.54, 1.807) is 30.9 Å². The van der Waals surface area contributed by atoms with E-state index in [1.165, 1.54) is 0 Å². The van der Waals surface area contributed by atoms with Gasteiger partial charge in [0, 0.05) is 30.5 Å². The van der Waals surface area contributed by atoms with E-state index in [-0.39, 0.29) is 0 Å². The molecular formula is C21H26N6. The summed E-state index contributed by atoms with van der Waals surface area (Å²) < 4.78 is 1.86. The zero-order valence-electron chi connectivity index (χ0n) is 16.8. The number of pyridine rings is 2. The molecule has 140 valence electrons. The summed E-state index contributed by atoms with van der Waals surface area (Å²) in [5.74, 6) is 0. The molecule has 0 saturated carbocycles. The zero-order chi connectivity index (χ0) is 20.2. The second-order valence-electron chi connectivity index (χ2n) is 5.05. The highest BCUT2D eigenvalue weighted by Gasteiger charge is 1.97. The Balaban J connectivity index is 0.000000229.